The maximum Gasteiger partial charge on any atom is 0.268 e. The molecule has 0 unspecified atom stereocenters. The average Bonchev–Trinajstić information content (AvgIpc) is 2.95. The number of fused-ring (bicyclic) bond motifs is 1. The Bertz CT molecular complexity index is 670. The highest BCUT2D eigenvalue weighted by Crippen LogP contribution is 2.52. The van der Waals surface area contributed by atoms with Crippen LogP contribution in [0, 0.1) is 5.41 Å². The third kappa shape index (κ3) is 3.18. The first-order valence-electron chi connectivity index (χ1n) is 7.59. The molecule has 2 atom stereocenters. The minimum Gasteiger partial charge on any atom is -0.381 e. The predicted octanol–water partition coefficient (Wildman–Crippen LogP) is 4.81. The largest absolute Gasteiger partial charge is 0.381 e. The Balaban J connectivity index is 2.02. The molecular formula is C17H19Cl3N2O2. The van der Waals surface area contributed by atoms with E-state index in [1.165, 1.54) is 0 Å². The second-order valence-corrected chi connectivity index (χ2v) is 8.99. The second-order valence-electron chi connectivity index (χ2n) is 6.71. The fourth-order valence-corrected chi connectivity index (χ4v) is 3.59. The summed E-state index contributed by atoms with van der Waals surface area (Å²) in [5, 5.41) is 1.68. The van der Waals surface area contributed by atoms with Crippen LogP contribution in [-0.4, -0.2) is 33.8 Å². The van der Waals surface area contributed by atoms with Crippen LogP contribution < -0.4 is 0 Å². The molecule has 3 rings (SSSR count). The van der Waals surface area contributed by atoms with Crippen molar-refractivity contribution in [3.63, 3.8) is 0 Å². The molecule has 1 aromatic carbocycles. The number of methoxy groups -OCH3 is 1. The van der Waals surface area contributed by atoms with Crippen LogP contribution in [-0.2, 0) is 9.57 Å². The molecule has 7 heteroatoms. The van der Waals surface area contributed by atoms with E-state index < -0.39 is 9.46 Å². The maximum absolute atomic E-state index is 5.98. The zero-order valence-electron chi connectivity index (χ0n) is 13.7. The highest BCUT2D eigenvalue weighted by Gasteiger charge is 2.62. The summed E-state index contributed by atoms with van der Waals surface area (Å²) >= 11 is 17.9. The summed E-state index contributed by atoms with van der Waals surface area (Å²) in [5.74, 6) is 0.0581. The third-order valence-corrected chi connectivity index (χ3v) is 4.75. The van der Waals surface area contributed by atoms with Gasteiger partial charge in [-0.25, -0.2) is 4.99 Å². The average molecular weight is 390 g/mol. The molecule has 4 nitrogen and oxygen atoms in total. The number of hydroxylamine groups is 2. The number of benzene rings is 1. The van der Waals surface area contributed by atoms with Gasteiger partial charge in [-0.05, 0) is 11.6 Å². The lowest BCUT2D eigenvalue weighted by Crippen LogP contribution is -2.43. The molecule has 1 saturated heterocycles. The Hall–Kier alpha value is -0.780. The predicted molar refractivity (Wildman–Crippen MR) is 98.1 cm³/mol. The molecule has 0 spiro atoms. The molecule has 2 heterocycles. The van der Waals surface area contributed by atoms with E-state index >= 15 is 0 Å². The first-order valence-corrected chi connectivity index (χ1v) is 8.73. The van der Waals surface area contributed by atoms with Crippen molar-refractivity contribution in [2.75, 3.05) is 7.11 Å². The topological polar surface area (TPSA) is 34.1 Å². The van der Waals surface area contributed by atoms with E-state index in [1.807, 2.05) is 42.5 Å². The molecule has 0 radical (unpaired) electrons. The standard InChI is InChI=1S/C17H19Cl3N2O2/c1-15(2)11-16(10-9-12-7-5-4-6-8-12)21-13(17(18,19)20)24-22(16)14(15)23-3/h4-10,14H,11H2,1-3H3/b10-9+/t14-,16+/m1/s1. The van der Waals surface area contributed by atoms with Crippen LogP contribution in [0.25, 0.3) is 6.08 Å². The van der Waals surface area contributed by atoms with Crippen molar-refractivity contribution in [2.45, 2.75) is 36.0 Å². The second kappa shape index (κ2) is 6.19. The van der Waals surface area contributed by atoms with Gasteiger partial charge in [-0.1, -0.05) is 90.1 Å². The van der Waals surface area contributed by atoms with Crippen molar-refractivity contribution in [1.82, 2.24) is 5.06 Å². The Labute approximate surface area is 156 Å². The fraction of sp³-hybridized carbons (Fsp3) is 0.471. The molecule has 0 amide bonds. The van der Waals surface area contributed by atoms with Crippen molar-refractivity contribution < 1.29 is 9.57 Å². The minimum absolute atomic E-state index is 0.0581. The highest BCUT2D eigenvalue weighted by molar-refractivity contribution is 6.76. The molecule has 1 aromatic rings. The van der Waals surface area contributed by atoms with Crippen molar-refractivity contribution >= 4 is 46.8 Å². The Morgan fingerprint density at radius 2 is 1.96 bits per heavy atom. The lowest BCUT2D eigenvalue weighted by Gasteiger charge is -2.30. The number of alkyl halides is 3. The van der Waals surface area contributed by atoms with Gasteiger partial charge in [0.2, 0.25) is 0 Å². The summed E-state index contributed by atoms with van der Waals surface area (Å²) < 4.78 is 3.92. The lowest BCUT2D eigenvalue weighted by atomic mass is 9.86. The maximum atomic E-state index is 5.98. The highest BCUT2D eigenvalue weighted by atomic mass is 35.6. The van der Waals surface area contributed by atoms with E-state index in [1.54, 1.807) is 12.2 Å². The summed E-state index contributed by atoms with van der Waals surface area (Å²) in [7, 11) is 1.64. The fourth-order valence-electron chi connectivity index (χ4n) is 3.35. The lowest BCUT2D eigenvalue weighted by molar-refractivity contribution is -0.210. The van der Waals surface area contributed by atoms with Crippen molar-refractivity contribution in [2.24, 2.45) is 10.4 Å². The number of ether oxygens (including phenoxy) is 1. The first-order chi connectivity index (χ1) is 11.2. The number of hydrogen-bond donors (Lipinski definition) is 0. The minimum atomic E-state index is -1.72. The van der Waals surface area contributed by atoms with Crippen molar-refractivity contribution in [3.05, 3.63) is 42.0 Å². The summed E-state index contributed by atoms with van der Waals surface area (Å²) in [4.78, 5) is 10.4. The van der Waals surface area contributed by atoms with Gasteiger partial charge in [0.05, 0.1) is 0 Å². The van der Waals surface area contributed by atoms with Crippen LogP contribution in [0.5, 0.6) is 0 Å². The summed E-state index contributed by atoms with van der Waals surface area (Å²) in [5.41, 5.74) is 0.112. The zero-order chi connectivity index (χ0) is 17.6. The summed E-state index contributed by atoms with van der Waals surface area (Å²) in [6, 6.07) is 9.96. The van der Waals surface area contributed by atoms with Crippen molar-refractivity contribution in [3.8, 4) is 0 Å². The summed E-state index contributed by atoms with van der Waals surface area (Å²) in [6.07, 6.45) is 4.33. The number of hydrogen-bond acceptors (Lipinski definition) is 4. The smallest absolute Gasteiger partial charge is 0.268 e. The first kappa shape index (κ1) is 18.0. The molecule has 130 valence electrons. The van der Waals surface area contributed by atoms with Crippen LogP contribution in [0.15, 0.2) is 41.4 Å². The Morgan fingerprint density at radius 3 is 2.54 bits per heavy atom. The number of aliphatic imine (C=N–C) groups is 1. The molecule has 0 aromatic heterocycles. The van der Waals surface area contributed by atoms with Gasteiger partial charge in [0.1, 0.15) is 0 Å². The van der Waals surface area contributed by atoms with Gasteiger partial charge in [0, 0.05) is 18.9 Å². The van der Waals surface area contributed by atoms with Crippen molar-refractivity contribution in [1.29, 1.82) is 0 Å². The van der Waals surface area contributed by atoms with E-state index in [4.69, 9.17) is 44.4 Å². The van der Waals surface area contributed by atoms with E-state index in [9.17, 15) is 0 Å². The molecule has 0 bridgehead atoms. The molecule has 1 fully saturated rings. The van der Waals surface area contributed by atoms with E-state index in [2.05, 4.69) is 18.8 Å². The SMILES string of the molecule is CO[C@H]1N2OC(C(Cl)(Cl)Cl)=N[C@]2(/C=C/c2ccccc2)CC1(C)C. The molecule has 2 aliphatic rings. The normalized spacial score (nSPS) is 29.6. The van der Waals surface area contributed by atoms with Crippen LogP contribution in [0.1, 0.15) is 25.8 Å². The van der Waals surface area contributed by atoms with E-state index in [-0.39, 0.29) is 17.5 Å². The molecule has 0 aliphatic carbocycles. The zero-order valence-corrected chi connectivity index (χ0v) is 15.9. The van der Waals surface area contributed by atoms with Gasteiger partial charge < -0.3 is 9.57 Å². The number of rotatable bonds is 3. The molecular weight excluding hydrogens is 371 g/mol. The van der Waals surface area contributed by atoms with Crippen LogP contribution in [0.3, 0.4) is 0 Å². The quantitative estimate of drug-likeness (QED) is 0.695. The Morgan fingerprint density at radius 1 is 1.29 bits per heavy atom. The monoisotopic (exact) mass is 388 g/mol. The number of halogens is 3. The van der Waals surface area contributed by atoms with Gasteiger partial charge in [-0.2, -0.15) is 0 Å². The molecule has 24 heavy (non-hydrogen) atoms. The molecule has 0 saturated carbocycles. The summed E-state index contributed by atoms with van der Waals surface area (Å²) in [6.45, 7) is 4.21. The van der Waals surface area contributed by atoms with E-state index in [0.29, 0.717) is 6.42 Å². The van der Waals surface area contributed by atoms with Gasteiger partial charge in [-0.3, -0.25) is 0 Å². The molecule has 2 aliphatic heterocycles. The van der Waals surface area contributed by atoms with Crippen LogP contribution in [0.4, 0.5) is 0 Å². The van der Waals surface area contributed by atoms with Gasteiger partial charge in [0.25, 0.3) is 9.69 Å². The number of nitrogens with zero attached hydrogens (tertiary/aromatic N) is 2. The Kier molecular flexibility index (Phi) is 4.65. The van der Waals surface area contributed by atoms with Gasteiger partial charge >= 0.3 is 0 Å². The van der Waals surface area contributed by atoms with Crippen LogP contribution in [0.2, 0.25) is 0 Å². The molecule has 0 N–H and O–H groups in total. The van der Waals surface area contributed by atoms with E-state index in [0.717, 1.165) is 5.56 Å². The van der Waals surface area contributed by atoms with Gasteiger partial charge in [-0.15, -0.1) is 0 Å². The van der Waals surface area contributed by atoms with Crippen LogP contribution >= 0.6 is 34.8 Å². The third-order valence-electron chi connectivity index (χ3n) is 4.27. The van der Waals surface area contributed by atoms with Gasteiger partial charge in [0.15, 0.2) is 11.9 Å².